The first kappa shape index (κ1) is 22.4. The molecule has 36 heavy (non-hydrogen) atoms. The number of amides is 1. The summed E-state index contributed by atoms with van der Waals surface area (Å²) in [5.41, 5.74) is 4.09. The summed E-state index contributed by atoms with van der Waals surface area (Å²) in [6, 6.07) is 34.3. The highest BCUT2D eigenvalue weighted by atomic mass is 16.5. The van der Waals surface area contributed by atoms with Gasteiger partial charge in [0.15, 0.2) is 0 Å². The van der Waals surface area contributed by atoms with Crippen molar-refractivity contribution in [1.82, 2.24) is 0 Å². The number of rotatable bonds is 7. The Morgan fingerprint density at radius 2 is 1.53 bits per heavy atom. The Morgan fingerprint density at radius 1 is 0.861 bits per heavy atom. The average molecular weight is 476 g/mol. The summed E-state index contributed by atoms with van der Waals surface area (Å²) in [4.78, 5) is 16.6. The van der Waals surface area contributed by atoms with E-state index >= 15 is 0 Å². The van der Waals surface area contributed by atoms with Crippen LogP contribution in [0.4, 0.5) is 5.69 Å². The van der Waals surface area contributed by atoms with Gasteiger partial charge < -0.3 is 9.47 Å². The zero-order valence-electron chi connectivity index (χ0n) is 20.4. The first-order chi connectivity index (χ1) is 17.7. The number of unbranched alkanes of at least 4 members (excludes halogenated alkanes) is 1. The van der Waals surface area contributed by atoms with E-state index in [9.17, 15) is 4.79 Å². The van der Waals surface area contributed by atoms with Gasteiger partial charge in [-0.3, -0.25) is 9.69 Å². The minimum Gasteiger partial charge on any atom is -0.493 e. The predicted molar refractivity (Wildman–Crippen MR) is 142 cm³/mol. The van der Waals surface area contributed by atoms with Crippen molar-refractivity contribution in [1.29, 1.82) is 0 Å². The molecule has 4 aromatic carbocycles. The van der Waals surface area contributed by atoms with Crippen LogP contribution in [0.5, 0.6) is 11.5 Å². The molecule has 180 valence electrons. The zero-order valence-corrected chi connectivity index (χ0v) is 20.4. The van der Waals surface area contributed by atoms with E-state index in [0.29, 0.717) is 6.61 Å². The summed E-state index contributed by atoms with van der Waals surface area (Å²) < 4.78 is 12.1. The van der Waals surface area contributed by atoms with E-state index < -0.39 is 5.41 Å². The Labute approximate surface area is 212 Å². The van der Waals surface area contributed by atoms with Crippen LogP contribution in [0.2, 0.25) is 0 Å². The van der Waals surface area contributed by atoms with Crippen LogP contribution in [0, 0.1) is 0 Å². The largest absolute Gasteiger partial charge is 0.493 e. The van der Waals surface area contributed by atoms with Crippen molar-refractivity contribution in [2.75, 3.05) is 18.1 Å². The van der Waals surface area contributed by atoms with Crippen molar-refractivity contribution in [2.45, 2.75) is 31.2 Å². The van der Waals surface area contributed by atoms with Crippen LogP contribution in [0.25, 0.3) is 0 Å². The van der Waals surface area contributed by atoms with Crippen LogP contribution in [0.1, 0.15) is 48.1 Å². The molecule has 0 saturated carbocycles. The standard InChI is InChI=1S/C32H29NO3/c1-2-3-20-35-25-18-19-27-29(21-25)36-22-32(27)26-16-10-11-17-28(26)33(31(32)34)30(23-12-6-4-7-13-23)24-14-8-5-9-15-24/h4-19,21,30H,2-3,20,22H2,1H3. The molecule has 0 bridgehead atoms. The van der Waals surface area contributed by atoms with E-state index in [4.69, 9.17) is 9.47 Å². The van der Waals surface area contributed by atoms with E-state index in [1.807, 2.05) is 71.6 Å². The second-order valence-electron chi connectivity index (χ2n) is 9.47. The van der Waals surface area contributed by atoms with Gasteiger partial charge in [-0.2, -0.15) is 0 Å². The predicted octanol–water partition coefficient (Wildman–Crippen LogP) is 6.68. The molecule has 0 aliphatic carbocycles. The van der Waals surface area contributed by atoms with Crippen LogP contribution in [-0.4, -0.2) is 19.1 Å². The molecule has 4 aromatic rings. The molecule has 4 heteroatoms. The van der Waals surface area contributed by atoms with Crippen molar-refractivity contribution >= 4 is 11.6 Å². The van der Waals surface area contributed by atoms with E-state index in [1.165, 1.54) is 0 Å². The number of ether oxygens (including phenoxy) is 2. The minimum absolute atomic E-state index is 0.0415. The van der Waals surface area contributed by atoms with Crippen molar-refractivity contribution < 1.29 is 14.3 Å². The molecule has 1 atom stereocenters. The van der Waals surface area contributed by atoms with Crippen molar-refractivity contribution in [3.63, 3.8) is 0 Å². The molecule has 2 aliphatic heterocycles. The maximum Gasteiger partial charge on any atom is 0.246 e. The lowest BCUT2D eigenvalue weighted by molar-refractivity contribution is -0.122. The average Bonchev–Trinajstić information content (AvgIpc) is 3.43. The molecule has 6 rings (SSSR count). The van der Waals surface area contributed by atoms with E-state index in [1.54, 1.807) is 0 Å². The molecule has 1 amide bonds. The highest BCUT2D eigenvalue weighted by molar-refractivity contribution is 6.12. The first-order valence-electron chi connectivity index (χ1n) is 12.7. The molecule has 1 spiro atoms. The van der Waals surface area contributed by atoms with Gasteiger partial charge in [0.1, 0.15) is 23.5 Å². The number of hydrogen-bond donors (Lipinski definition) is 0. The molecule has 0 fully saturated rings. The third kappa shape index (κ3) is 3.48. The van der Waals surface area contributed by atoms with Gasteiger partial charge in [0.25, 0.3) is 0 Å². The third-order valence-electron chi connectivity index (χ3n) is 7.32. The number of fused-ring (bicyclic) bond motifs is 4. The molecule has 2 heterocycles. The van der Waals surface area contributed by atoms with Crippen LogP contribution < -0.4 is 14.4 Å². The van der Waals surface area contributed by atoms with Gasteiger partial charge in [-0.25, -0.2) is 0 Å². The quantitative estimate of drug-likeness (QED) is 0.280. The van der Waals surface area contributed by atoms with E-state index in [2.05, 4.69) is 43.3 Å². The SMILES string of the molecule is CCCCOc1ccc2c(c1)OCC21C(=O)N(C(c2ccccc2)c2ccccc2)c2ccccc21. The van der Waals surface area contributed by atoms with Gasteiger partial charge in [-0.15, -0.1) is 0 Å². The molecule has 0 N–H and O–H groups in total. The van der Waals surface area contributed by atoms with Gasteiger partial charge in [0.2, 0.25) is 5.91 Å². The van der Waals surface area contributed by atoms with Gasteiger partial charge in [0, 0.05) is 17.3 Å². The second-order valence-corrected chi connectivity index (χ2v) is 9.47. The van der Waals surface area contributed by atoms with E-state index in [0.717, 1.165) is 52.3 Å². The molecule has 4 nitrogen and oxygen atoms in total. The minimum atomic E-state index is -0.879. The molecular formula is C32H29NO3. The smallest absolute Gasteiger partial charge is 0.246 e. The number of nitrogens with zero attached hydrogens (tertiary/aromatic N) is 1. The lowest BCUT2D eigenvalue weighted by Gasteiger charge is -2.31. The topological polar surface area (TPSA) is 38.8 Å². The molecular weight excluding hydrogens is 446 g/mol. The lowest BCUT2D eigenvalue weighted by Crippen LogP contribution is -2.44. The molecule has 1 unspecified atom stereocenters. The summed E-state index contributed by atoms with van der Waals surface area (Å²) in [7, 11) is 0. The molecule has 2 aliphatic rings. The number of carbonyl (C=O) groups excluding carboxylic acids is 1. The summed E-state index contributed by atoms with van der Waals surface area (Å²) in [6.07, 6.45) is 2.08. The first-order valence-corrected chi connectivity index (χ1v) is 12.7. The molecule has 0 radical (unpaired) electrons. The number of carbonyl (C=O) groups is 1. The normalized spacial score (nSPS) is 17.8. The van der Waals surface area contributed by atoms with Crippen molar-refractivity contribution in [3.8, 4) is 11.5 Å². The maximum atomic E-state index is 14.6. The summed E-state index contributed by atoms with van der Waals surface area (Å²) >= 11 is 0. The third-order valence-corrected chi connectivity index (χ3v) is 7.32. The van der Waals surface area contributed by atoms with Gasteiger partial charge in [0.05, 0.1) is 12.6 Å². The Hall–Kier alpha value is -4.05. The summed E-state index contributed by atoms with van der Waals surface area (Å²) in [5, 5.41) is 0. The highest BCUT2D eigenvalue weighted by Crippen LogP contribution is 2.55. The molecule has 0 aromatic heterocycles. The van der Waals surface area contributed by atoms with Crippen molar-refractivity contribution in [2.24, 2.45) is 0 Å². The van der Waals surface area contributed by atoms with Crippen LogP contribution in [0.15, 0.2) is 103 Å². The molecule has 0 saturated heterocycles. The lowest BCUT2D eigenvalue weighted by atomic mass is 9.77. The fourth-order valence-electron chi connectivity index (χ4n) is 5.55. The van der Waals surface area contributed by atoms with Crippen molar-refractivity contribution in [3.05, 3.63) is 125 Å². The summed E-state index contributed by atoms with van der Waals surface area (Å²) in [6.45, 7) is 3.10. The fraction of sp³-hybridized carbons (Fsp3) is 0.219. The Morgan fingerprint density at radius 3 is 2.22 bits per heavy atom. The van der Waals surface area contributed by atoms with Gasteiger partial charge in [-0.1, -0.05) is 98.3 Å². The van der Waals surface area contributed by atoms with E-state index in [-0.39, 0.29) is 18.6 Å². The highest BCUT2D eigenvalue weighted by Gasteiger charge is 2.58. The number of anilines is 1. The van der Waals surface area contributed by atoms with Crippen LogP contribution in [0.3, 0.4) is 0 Å². The summed E-state index contributed by atoms with van der Waals surface area (Å²) in [5.74, 6) is 1.55. The second kappa shape index (κ2) is 9.19. The fourth-order valence-corrected chi connectivity index (χ4v) is 5.55. The van der Waals surface area contributed by atoms with Gasteiger partial charge in [-0.05, 0) is 35.2 Å². The number of hydrogen-bond acceptors (Lipinski definition) is 3. The maximum absolute atomic E-state index is 14.6. The Balaban J connectivity index is 1.48. The monoisotopic (exact) mass is 475 g/mol. The Kier molecular flexibility index (Phi) is 5.73. The van der Waals surface area contributed by atoms with Crippen LogP contribution >= 0.6 is 0 Å². The Bertz CT molecular complexity index is 1350. The number of para-hydroxylation sites is 1. The van der Waals surface area contributed by atoms with Gasteiger partial charge >= 0.3 is 0 Å². The zero-order chi connectivity index (χ0) is 24.5. The number of benzene rings is 4. The van der Waals surface area contributed by atoms with Crippen LogP contribution in [-0.2, 0) is 10.2 Å².